The summed E-state index contributed by atoms with van der Waals surface area (Å²) in [7, 11) is -2.77. The molecular weight excluding hydrogens is 350 g/mol. The number of likely N-dealkylation sites (tertiary alicyclic amines) is 1. The number of ether oxygens (including phenoxy) is 1. The van der Waals surface area contributed by atoms with Crippen LogP contribution in [0, 0.1) is 5.92 Å². The molecule has 1 aromatic rings. The summed E-state index contributed by atoms with van der Waals surface area (Å²) in [5, 5.41) is 8.99. The number of anilines is 1. The first-order valence-electron chi connectivity index (χ1n) is 7.68. The average Bonchev–Trinajstić information content (AvgIpc) is 2.59. The van der Waals surface area contributed by atoms with Gasteiger partial charge in [-0.3, -0.25) is 4.79 Å². The third-order valence-electron chi connectivity index (χ3n) is 4.21. The Morgan fingerprint density at radius 3 is 2.32 bits per heavy atom. The number of nitrogens with one attached hydrogen (secondary N) is 1. The summed E-state index contributed by atoms with van der Waals surface area (Å²) < 4.78 is 32.2. The van der Waals surface area contributed by atoms with Crippen molar-refractivity contribution >= 4 is 27.8 Å². The van der Waals surface area contributed by atoms with E-state index >= 15 is 0 Å². The van der Waals surface area contributed by atoms with Crippen LogP contribution in [-0.2, 0) is 19.6 Å². The molecule has 138 valence electrons. The Morgan fingerprint density at radius 1 is 1.28 bits per heavy atom. The van der Waals surface area contributed by atoms with Crippen molar-refractivity contribution in [1.82, 2.24) is 9.62 Å². The number of carbonyl (C=O) groups is 2. The van der Waals surface area contributed by atoms with Crippen LogP contribution in [0.1, 0.15) is 12.8 Å². The predicted molar refractivity (Wildman–Crippen MR) is 89.3 cm³/mol. The quantitative estimate of drug-likeness (QED) is 0.505. The van der Waals surface area contributed by atoms with E-state index in [1.54, 1.807) is 0 Å². The van der Waals surface area contributed by atoms with Gasteiger partial charge >= 0.3 is 12.1 Å². The second-order valence-corrected chi connectivity index (χ2v) is 7.51. The maximum absolute atomic E-state index is 12.5. The Bertz CT molecular complexity index is 726. The Labute approximate surface area is 145 Å². The molecule has 9 nitrogen and oxygen atoms in total. The summed E-state index contributed by atoms with van der Waals surface area (Å²) in [6, 6.07) is 4.52. The molecule has 0 radical (unpaired) electrons. The van der Waals surface area contributed by atoms with E-state index in [2.05, 4.69) is 4.72 Å². The lowest BCUT2D eigenvalue weighted by molar-refractivity contribution is -0.144. The van der Waals surface area contributed by atoms with E-state index in [0.717, 1.165) is 0 Å². The lowest BCUT2D eigenvalue weighted by Gasteiger charge is -2.33. The van der Waals surface area contributed by atoms with Gasteiger partial charge in [-0.1, -0.05) is 0 Å². The molecule has 1 aromatic carbocycles. The van der Waals surface area contributed by atoms with Crippen LogP contribution in [-0.4, -0.2) is 56.7 Å². The fourth-order valence-corrected chi connectivity index (χ4v) is 4.02. The first kappa shape index (κ1) is 19.0. The summed E-state index contributed by atoms with van der Waals surface area (Å²) in [6.45, 7) is 0.466. The van der Waals surface area contributed by atoms with Gasteiger partial charge in [0.2, 0.25) is 10.0 Å². The predicted octanol–water partition coefficient (Wildman–Crippen LogP) is 0.479. The smallest absolute Gasteiger partial charge is 0.407 e. The van der Waals surface area contributed by atoms with Crippen LogP contribution in [0.15, 0.2) is 29.2 Å². The van der Waals surface area contributed by atoms with Gasteiger partial charge in [-0.15, -0.1) is 0 Å². The van der Waals surface area contributed by atoms with Crippen LogP contribution in [0.3, 0.4) is 0 Å². The number of nitrogen functional groups attached to an aromatic ring is 1. The van der Waals surface area contributed by atoms with E-state index in [4.69, 9.17) is 15.6 Å². The largest absolute Gasteiger partial charge is 0.468 e. The minimum atomic E-state index is -3.95. The van der Waals surface area contributed by atoms with Crippen molar-refractivity contribution in [3.63, 3.8) is 0 Å². The second kappa shape index (κ2) is 7.70. The molecule has 25 heavy (non-hydrogen) atoms. The zero-order valence-electron chi connectivity index (χ0n) is 13.7. The lowest BCUT2D eigenvalue weighted by atomic mass is 9.90. The number of carbonyl (C=O) groups excluding carboxylic acids is 1. The van der Waals surface area contributed by atoms with E-state index in [0.29, 0.717) is 18.5 Å². The highest BCUT2D eigenvalue weighted by molar-refractivity contribution is 7.89. The lowest BCUT2D eigenvalue weighted by Crippen LogP contribution is -2.50. The molecule has 10 heteroatoms. The zero-order chi connectivity index (χ0) is 18.6. The number of hydrogen-bond acceptors (Lipinski definition) is 6. The minimum Gasteiger partial charge on any atom is -0.468 e. The number of piperidine rings is 1. The molecule has 1 aliphatic rings. The number of methoxy groups -OCH3 is 1. The molecule has 2 rings (SSSR count). The van der Waals surface area contributed by atoms with Crippen molar-refractivity contribution in [2.45, 2.75) is 23.8 Å². The third kappa shape index (κ3) is 4.60. The Hall–Kier alpha value is -2.33. The number of sulfonamides is 1. The summed E-state index contributed by atoms with van der Waals surface area (Å²) in [5.74, 6) is -1.06. The van der Waals surface area contributed by atoms with E-state index in [9.17, 15) is 18.0 Å². The van der Waals surface area contributed by atoms with Crippen LogP contribution in [0.2, 0.25) is 0 Å². The number of esters is 1. The highest BCUT2D eigenvalue weighted by Crippen LogP contribution is 2.23. The molecule has 0 spiro atoms. The van der Waals surface area contributed by atoms with Gasteiger partial charge in [0.1, 0.15) is 6.04 Å². The summed E-state index contributed by atoms with van der Waals surface area (Å²) in [6.07, 6.45) is -0.317. The van der Waals surface area contributed by atoms with Crippen molar-refractivity contribution in [3.8, 4) is 0 Å². The molecule has 1 heterocycles. The van der Waals surface area contributed by atoms with Gasteiger partial charge in [-0.05, 0) is 43.0 Å². The molecule has 0 bridgehead atoms. The van der Waals surface area contributed by atoms with Gasteiger partial charge < -0.3 is 20.5 Å². The van der Waals surface area contributed by atoms with E-state index in [1.807, 2.05) is 0 Å². The van der Waals surface area contributed by atoms with E-state index in [1.165, 1.54) is 36.3 Å². The highest BCUT2D eigenvalue weighted by Gasteiger charge is 2.36. The molecule has 4 N–H and O–H groups in total. The van der Waals surface area contributed by atoms with Crippen LogP contribution < -0.4 is 10.5 Å². The summed E-state index contributed by atoms with van der Waals surface area (Å²) in [4.78, 5) is 24.3. The summed E-state index contributed by atoms with van der Waals surface area (Å²) >= 11 is 0. The zero-order valence-corrected chi connectivity index (χ0v) is 14.5. The third-order valence-corrected chi connectivity index (χ3v) is 5.67. The van der Waals surface area contributed by atoms with Crippen molar-refractivity contribution in [3.05, 3.63) is 24.3 Å². The van der Waals surface area contributed by atoms with Gasteiger partial charge in [0.15, 0.2) is 0 Å². The van der Waals surface area contributed by atoms with Crippen LogP contribution in [0.25, 0.3) is 0 Å². The molecule has 1 saturated heterocycles. The fraction of sp³-hybridized carbons (Fsp3) is 0.467. The van der Waals surface area contributed by atoms with Gasteiger partial charge in [0.25, 0.3) is 0 Å². The van der Waals surface area contributed by atoms with Crippen LogP contribution in [0.5, 0.6) is 0 Å². The Morgan fingerprint density at radius 2 is 1.84 bits per heavy atom. The van der Waals surface area contributed by atoms with Crippen molar-refractivity contribution < 1.29 is 27.9 Å². The highest BCUT2D eigenvalue weighted by atomic mass is 32.2. The number of rotatable bonds is 5. The normalized spacial score (nSPS) is 17.1. The number of nitrogens with zero attached hydrogens (tertiary/aromatic N) is 1. The first-order valence-corrected chi connectivity index (χ1v) is 9.16. The summed E-state index contributed by atoms with van der Waals surface area (Å²) in [5.41, 5.74) is 5.97. The standard InChI is InChI=1S/C15H21N3O6S/c1-24-14(19)13(10-6-8-18(9-7-10)15(20)21)17-25(22,23)12-4-2-11(16)3-5-12/h2-5,10,13,17H,6-9,16H2,1H3,(H,20,21). The van der Waals surface area contributed by atoms with E-state index < -0.39 is 28.1 Å². The molecule has 1 atom stereocenters. The maximum Gasteiger partial charge on any atom is 0.407 e. The number of carboxylic acid groups (broad SMARTS) is 1. The van der Waals surface area contributed by atoms with E-state index in [-0.39, 0.29) is 23.9 Å². The number of benzene rings is 1. The number of hydrogen-bond donors (Lipinski definition) is 3. The first-order chi connectivity index (χ1) is 11.7. The number of nitrogens with two attached hydrogens (primary N) is 1. The molecule has 1 unspecified atom stereocenters. The molecule has 1 amide bonds. The van der Waals surface area contributed by atoms with Crippen molar-refractivity contribution in [2.75, 3.05) is 25.9 Å². The minimum absolute atomic E-state index is 0.0152. The maximum atomic E-state index is 12.5. The second-order valence-electron chi connectivity index (χ2n) is 5.80. The van der Waals surface area contributed by atoms with Gasteiger partial charge in [-0.25, -0.2) is 13.2 Å². The topological polar surface area (TPSA) is 139 Å². The van der Waals surface area contributed by atoms with Gasteiger partial charge in [0, 0.05) is 18.8 Å². The Balaban J connectivity index is 2.17. The molecular formula is C15H21N3O6S. The average molecular weight is 371 g/mol. The van der Waals surface area contributed by atoms with Crippen molar-refractivity contribution in [2.24, 2.45) is 5.92 Å². The van der Waals surface area contributed by atoms with Gasteiger partial charge in [-0.2, -0.15) is 4.72 Å². The monoisotopic (exact) mass is 371 g/mol. The van der Waals surface area contributed by atoms with Crippen LogP contribution >= 0.6 is 0 Å². The fourth-order valence-electron chi connectivity index (χ4n) is 2.77. The molecule has 0 saturated carbocycles. The molecule has 1 aliphatic heterocycles. The van der Waals surface area contributed by atoms with Crippen molar-refractivity contribution in [1.29, 1.82) is 0 Å². The molecule has 0 aromatic heterocycles. The SMILES string of the molecule is COC(=O)C(NS(=O)(=O)c1ccc(N)cc1)C1CCN(C(=O)O)CC1. The van der Waals surface area contributed by atoms with Crippen LogP contribution in [0.4, 0.5) is 10.5 Å². The Kier molecular flexibility index (Phi) is 5.85. The van der Waals surface area contributed by atoms with Gasteiger partial charge in [0.05, 0.1) is 12.0 Å². The molecule has 1 fully saturated rings. The number of amides is 1. The molecule has 0 aliphatic carbocycles.